The maximum absolute atomic E-state index is 12.2. The Balaban J connectivity index is 1.57. The largest absolute Gasteiger partial charge is 0.310 e. The zero-order valence-electron chi connectivity index (χ0n) is 14.1. The van der Waals surface area contributed by atoms with E-state index in [4.69, 9.17) is 0 Å². The van der Waals surface area contributed by atoms with Crippen LogP contribution in [0.2, 0.25) is 0 Å². The lowest BCUT2D eigenvalue weighted by molar-refractivity contribution is -0.113. The number of nitrogens with zero attached hydrogens (tertiary/aromatic N) is 6. The van der Waals surface area contributed by atoms with Crippen LogP contribution in [0.25, 0.3) is 0 Å². The molecule has 8 nitrogen and oxygen atoms in total. The number of hydrogen-bond donors (Lipinski definition) is 1. The lowest BCUT2D eigenvalue weighted by Gasteiger charge is -2.21. The van der Waals surface area contributed by atoms with Gasteiger partial charge in [0, 0.05) is 12.1 Å². The number of rotatable bonds is 6. The summed E-state index contributed by atoms with van der Waals surface area (Å²) in [6.07, 6.45) is 7.62. The van der Waals surface area contributed by atoms with Gasteiger partial charge in [-0.15, -0.1) is 5.10 Å². The van der Waals surface area contributed by atoms with Crippen LogP contribution < -0.4 is 5.32 Å². The van der Waals surface area contributed by atoms with Crippen molar-refractivity contribution in [2.75, 3.05) is 11.1 Å². The van der Waals surface area contributed by atoms with E-state index in [0.29, 0.717) is 11.9 Å². The molecular formula is C15H23N7OS. The molecule has 0 unspecified atom stereocenters. The minimum atomic E-state index is -0.0828. The predicted molar refractivity (Wildman–Crippen MR) is 91.9 cm³/mol. The number of thioether (sulfide) groups is 1. The number of aromatic nitrogens is 6. The third-order valence-corrected chi connectivity index (χ3v) is 5.08. The summed E-state index contributed by atoms with van der Waals surface area (Å²) >= 11 is 1.38. The van der Waals surface area contributed by atoms with Gasteiger partial charge in [0.15, 0.2) is 0 Å². The van der Waals surface area contributed by atoms with E-state index >= 15 is 0 Å². The number of hydrogen-bond acceptors (Lipinski definition) is 6. The number of nitrogens with one attached hydrogen (secondary N) is 1. The first-order valence-corrected chi connectivity index (χ1v) is 9.37. The topological polar surface area (TPSA) is 90.5 Å². The van der Waals surface area contributed by atoms with E-state index in [1.165, 1.54) is 31.0 Å². The van der Waals surface area contributed by atoms with Crippen molar-refractivity contribution >= 4 is 23.5 Å². The van der Waals surface area contributed by atoms with Gasteiger partial charge in [0.1, 0.15) is 5.82 Å². The third kappa shape index (κ3) is 3.95. The van der Waals surface area contributed by atoms with Crippen LogP contribution in [0.1, 0.15) is 58.0 Å². The summed E-state index contributed by atoms with van der Waals surface area (Å²) in [6.45, 7) is 4.05. The van der Waals surface area contributed by atoms with Crippen LogP contribution in [-0.4, -0.2) is 41.6 Å². The molecule has 1 amide bonds. The monoisotopic (exact) mass is 349 g/mol. The standard InChI is InChI=1S/C15H23N7OS/c1-11(2)21-13(8-9-16-21)17-14(23)10-24-15-18-19-20-22(15)12-6-4-3-5-7-12/h8-9,11-12H,3-7,10H2,1-2H3,(H,17,23). The highest BCUT2D eigenvalue weighted by molar-refractivity contribution is 7.99. The van der Waals surface area contributed by atoms with Crippen molar-refractivity contribution in [3.05, 3.63) is 12.3 Å². The maximum Gasteiger partial charge on any atom is 0.235 e. The van der Waals surface area contributed by atoms with Gasteiger partial charge in [-0.1, -0.05) is 31.0 Å². The molecule has 0 aromatic carbocycles. The Morgan fingerprint density at radius 2 is 2.17 bits per heavy atom. The molecule has 1 aliphatic rings. The Morgan fingerprint density at radius 1 is 1.38 bits per heavy atom. The summed E-state index contributed by atoms with van der Waals surface area (Å²) in [4.78, 5) is 12.2. The summed E-state index contributed by atoms with van der Waals surface area (Å²) in [5.41, 5.74) is 0. The van der Waals surface area contributed by atoms with E-state index in [9.17, 15) is 4.79 Å². The van der Waals surface area contributed by atoms with Crippen molar-refractivity contribution < 1.29 is 4.79 Å². The summed E-state index contributed by atoms with van der Waals surface area (Å²) in [7, 11) is 0. The lowest BCUT2D eigenvalue weighted by atomic mass is 9.96. The molecule has 0 bridgehead atoms. The van der Waals surface area contributed by atoms with E-state index in [1.54, 1.807) is 16.9 Å². The van der Waals surface area contributed by atoms with E-state index < -0.39 is 0 Å². The molecule has 0 radical (unpaired) electrons. The molecule has 0 atom stereocenters. The molecule has 1 fully saturated rings. The van der Waals surface area contributed by atoms with Gasteiger partial charge in [0.05, 0.1) is 18.0 Å². The van der Waals surface area contributed by atoms with Gasteiger partial charge < -0.3 is 5.32 Å². The molecule has 0 saturated heterocycles. The van der Waals surface area contributed by atoms with Crippen molar-refractivity contribution in [1.29, 1.82) is 0 Å². The minimum Gasteiger partial charge on any atom is -0.310 e. The van der Waals surface area contributed by atoms with E-state index in [2.05, 4.69) is 25.9 Å². The molecule has 1 aliphatic carbocycles. The highest BCUT2D eigenvalue weighted by Crippen LogP contribution is 2.30. The second-order valence-corrected chi connectivity index (χ2v) is 7.23. The number of carbonyl (C=O) groups excluding carboxylic acids is 1. The fraction of sp³-hybridized carbons (Fsp3) is 0.667. The quantitative estimate of drug-likeness (QED) is 0.806. The van der Waals surface area contributed by atoms with Gasteiger partial charge in [0.25, 0.3) is 0 Å². The van der Waals surface area contributed by atoms with Crippen LogP contribution >= 0.6 is 11.8 Å². The Morgan fingerprint density at radius 3 is 2.92 bits per heavy atom. The number of tetrazole rings is 1. The number of amides is 1. The SMILES string of the molecule is CC(C)n1nccc1NC(=O)CSc1nnnn1C1CCCCC1. The molecule has 0 aliphatic heterocycles. The first-order chi connectivity index (χ1) is 11.6. The first-order valence-electron chi connectivity index (χ1n) is 8.39. The van der Waals surface area contributed by atoms with Crippen LogP contribution in [0.4, 0.5) is 5.82 Å². The molecule has 24 heavy (non-hydrogen) atoms. The van der Waals surface area contributed by atoms with Gasteiger partial charge in [-0.3, -0.25) is 4.79 Å². The maximum atomic E-state index is 12.2. The third-order valence-electron chi connectivity index (χ3n) is 4.14. The van der Waals surface area contributed by atoms with Crippen LogP contribution in [0, 0.1) is 0 Å². The van der Waals surface area contributed by atoms with E-state index in [0.717, 1.165) is 18.0 Å². The highest BCUT2D eigenvalue weighted by atomic mass is 32.2. The molecule has 2 aromatic rings. The van der Waals surface area contributed by atoms with Crippen LogP contribution in [0.3, 0.4) is 0 Å². The van der Waals surface area contributed by atoms with Gasteiger partial charge in [-0.25, -0.2) is 9.36 Å². The predicted octanol–water partition coefficient (Wildman–Crippen LogP) is 2.69. The second-order valence-electron chi connectivity index (χ2n) is 6.29. The van der Waals surface area contributed by atoms with Gasteiger partial charge in [0.2, 0.25) is 11.1 Å². The van der Waals surface area contributed by atoms with Gasteiger partial charge in [-0.05, 0) is 37.1 Å². The van der Waals surface area contributed by atoms with Crippen LogP contribution in [0.5, 0.6) is 0 Å². The molecular weight excluding hydrogens is 326 g/mol. The minimum absolute atomic E-state index is 0.0828. The molecule has 3 rings (SSSR count). The summed E-state index contributed by atoms with van der Waals surface area (Å²) in [5.74, 6) is 0.902. The summed E-state index contributed by atoms with van der Waals surface area (Å²) in [5, 5.41) is 19.8. The van der Waals surface area contributed by atoms with Crippen molar-refractivity contribution in [1.82, 2.24) is 30.0 Å². The number of anilines is 1. The number of carbonyl (C=O) groups is 1. The fourth-order valence-corrected chi connectivity index (χ4v) is 3.71. The van der Waals surface area contributed by atoms with E-state index in [1.807, 2.05) is 18.5 Å². The Labute approximate surface area is 145 Å². The van der Waals surface area contributed by atoms with Crippen molar-refractivity contribution in [2.24, 2.45) is 0 Å². The zero-order valence-corrected chi connectivity index (χ0v) is 14.9. The Bertz CT molecular complexity index is 675. The highest BCUT2D eigenvalue weighted by Gasteiger charge is 2.21. The molecule has 2 aromatic heterocycles. The second kappa shape index (κ2) is 7.78. The molecule has 2 heterocycles. The molecule has 1 saturated carbocycles. The molecule has 130 valence electrons. The van der Waals surface area contributed by atoms with Crippen molar-refractivity contribution in [3.63, 3.8) is 0 Å². The fourth-order valence-electron chi connectivity index (χ4n) is 2.97. The molecule has 1 N–H and O–H groups in total. The smallest absolute Gasteiger partial charge is 0.235 e. The van der Waals surface area contributed by atoms with Gasteiger partial charge in [-0.2, -0.15) is 5.10 Å². The normalized spacial score (nSPS) is 15.8. The summed E-state index contributed by atoms with van der Waals surface area (Å²) < 4.78 is 3.67. The van der Waals surface area contributed by atoms with Gasteiger partial charge >= 0.3 is 0 Å². The van der Waals surface area contributed by atoms with Crippen molar-refractivity contribution in [2.45, 2.75) is 63.2 Å². The zero-order chi connectivity index (χ0) is 16.9. The first kappa shape index (κ1) is 16.9. The molecule has 9 heteroatoms. The lowest BCUT2D eigenvalue weighted by Crippen LogP contribution is -2.19. The summed E-state index contributed by atoms with van der Waals surface area (Å²) in [6, 6.07) is 2.36. The van der Waals surface area contributed by atoms with Crippen LogP contribution in [-0.2, 0) is 4.79 Å². The Kier molecular flexibility index (Phi) is 5.49. The average Bonchev–Trinajstić information content (AvgIpc) is 3.22. The Hall–Kier alpha value is -1.90. The van der Waals surface area contributed by atoms with Crippen LogP contribution in [0.15, 0.2) is 17.4 Å². The average molecular weight is 349 g/mol. The van der Waals surface area contributed by atoms with Crippen molar-refractivity contribution in [3.8, 4) is 0 Å². The molecule has 0 spiro atoms. The van der Waals surface area contributed by atoms with E-state index in [-0.39, 0.29) is 17.7 Å².